The van der Waals surface area contributed by atoms with Crippen LogP contribution in [0.25, 0.3) is 0 Å². The van der Waals surface area contributed by atoms with Gasteiger partial charge in [0.05, 0.1) is 19.3 Å². The van der Waals surface area contributed by atoms with Crippen LogP contribution in [-0.2, 0) is 9.26 Å². The third kappa shape index (κ3) is 1.20. The van der Waals surface area contributed by atoms with Crippen molar-refractivity contribution in [2.75, 3.05) is 13.2 Å². The molecule has 0 radical (unpaired) electrons. The first-order valence-corrected chi connectivity index (χ1v) is 4.84. The lowest BCUT2D eigenvalue weighted by Gasteiger charge is -2.27. The standard InChI is InChI=1S/C7H13O2P/c1-5-2-6-3-9-10-7(6)4-8-5/h5-7,10H,2-4H2,1H3/t5-,6-,7?/m0/s1. The summed E-state index contributed by atoms with van der Waals surface area (Å²) in [4.78, 5) is 0. The molecule has 0 aliphatic carbocycles. The zero-order valence-electron chi connectivity index (χ0n) is 6.17. The second-order valence-corrected chi connectivity index (χ2v) is 4.44. The lowest BCUT2D eigenvalue weighted by Crippen LogP contribution is -2.32. The van der Waals surface area contributed by atoms with E-state index in [1.807, 2.05) is 0 Å². The molecule has 0 aromatic rings. The van der Waals surface area contributed by atoms with Crippen molar-refractivity contribution in [3.8, 4) is 0 Å². The van der Waals surface area contributed by atoms with Gasteiger partial charge in [-0.1, -0.05) is 0 Å². The van der Waals surface area contributed by atoms with E-state index >= 15 is 0 Å². The van der Waals surface area contributed by atoms with Crippen molar-refractivity contribution in [1.82, 2.24) is 0 Å². The Morgan fingerprint density at radius 3 is 3.20 bits per heavy atom. The number of rotatable bonds is 0. The van der Waals surface area contributed by atoms with Crippen LogP contribution in [0.4, 0.5) is 0 Å². The Bertz CT molecular complexity index is 129. The molecule has 2 rings (SSSR count). The Balaban J connectivity index is 1.96. The highest BCUT2D eigenvalue weighted by Crippen LogP contribution is 2.40. The molecule has 2 unspecified atom stereocenters. The number of fused-ring (bicyclic) bond motifs is 1. The van der Waals surface area contributed by atoms with E-state index in [0.29, 0.717) is 14.9 Å². The maximum atomic E-state index is 5.52. The van der Waals surface area contributed by atoms with Crippen molar-refractivity contribution < 1.29 is 9.26 Å². The molecular weight excluding hydrogens is 147 g/mol. The predicted molar refractivity (Wildman–Crippen MR) is 41.6 cm³/mol. The van der Waals surface area contributed by atoms with E-state index in [2.05, 4.69) is 6.92 Å². The average Bonchev–Trinajstić information content (AvgIpc) is 2.33. The molecule has 58 valence electrons. The molecular formula is C7H13O2P. The van der Waals surface area contributed by atoms with Gasteiger partial charge in [-0.25, -0.2) is 0 Å². The van der Waals surface area contributed by atoms with Crippen LogP contribution in [0.3, 0.4) is 0 Å². The van der Waals surface area contributed by atoms with Gasteiger partial charge in [-0.2, -0.15) is 0 Å². The second kappa shape index (κ2) is 2.77. The largest absolute Gasteiger partial charge is 0.378 e. The van der Waals surface area contributed by atoms with Crippen molar-refractivity contribution in [3.63, 3.8) is 0 Å². The molecule has 0 bridgehead atoms. The van der Waals surface area contributed by atoms with Crippen LogP contribution in [-0.4, -0.2) is 25.0 Å². The van der Waals surface area contributed by atoms with Crippen molar-refractivity contribution in [1.29, 1.82) is 0 Å². The minimum Gasteiger partial charge on any atom is -0.378 e. The van der Waals surface area contributed by atoms with Gasteiger partial charge in [0.25, 0.3) is 0 Å². The molecule has 2 aliphatic rings. The Morgan fingerprint density at radius 1 is 1.40 bits per heavy atom. The predicted octanol–water partition coefficient (Wildman–Crippen LogP) is 1.40. The lowest BCUT2D eigenvalue weighted by molar-refractivity contribution is 0.00741. The van der Waals surface area contributed by atoms with Crippen LogP contribution in [0.5, 0.6) is 0 Å². The van der Waals surface area contributed by atoms with Crippen LogP contribution >= 0.6 is 8.81 Å². The van der Waals surface area contributed by atoms with Crippen LogP contribution in [0.1, 0.15) is 13.3 Å². The highest BCUT2D eigenvalue weighted by molar-refractivity contribution is 7.33. The van der Waals surface area contributed by atoms with E-state index in [0.717, 1.165) is 24.8 Å². The summed E-state index contributed by atoms with van der Waals surface area (Å²) in [7, 11) is 0.703. The van der Waals surface area contributed by atoms with Crippen molar-refractivity contribution in [2.24, 2.45) is 5.92 Å². The third-order valence-electron chi connectivity index (χ3n) is 2.30. The van der Waals surface area contributed by atoms with Gasteiger partial charge in [0.2, 0.25) is 0 Å². The Labute approximate surface area is 63.1 Å². The molecule has 0 aromatic carbocycles. The number of hydrogen-bond acceptors (Lipinski definition) is 2. The van der Waals surface area contributed by atoms with Gasteiger partial charge >= 0.3 is 0 Å². The lowest BCUT2D eigenvalue weighted by atomic mass is 9.97. The van der Waals surface area contributed by atoms with Crippen molar-refractivity contribution >= 4 is 8.81 Å². The molecule has 0 aromatic heterocycles. The summed E-state index contributed by atoms with van der Waals surface area (Å²) in [6, 6.07) is 0. The summed E-state index contributed by atoms with van der Waals surface area (Å²) < 4.78 is 10.9. The van der Waals surface area contributed by atoms with E-state index in [1.165, 1.54) is 6.42 Å². The highest BCUT2D eigenvalue weighted by Gasteiger charge is 2.33. The SMILES string of the molecule is C[C@H]1C[C@H]2COPC2CO1. The summed E-state index contributed by atoms with van der Waals surface area (Å²) in [5, 5.41) is 0. The van der Waals surface area contributed by atoms with Gasteiger partial charge in [0.1, 0.15) is 0 Å². The average molecular weight is 160 g/mol. The minimum absolute atomic E-state index is 0.466. The number of hydrogen-bond donors (Lipinski definition) is 0. The van der Waals surface area contributed by atoms with Crippen LogP contribution in [0, 0.1) is 5.92 Å². The van der Waals surface area contributed by atoms with Gasteiger partial charge in [-0.05, 0) is 19.3 Å². The van der Waals surface area contributed by atoms with E-state index in [-0.39, 0.29) is 0 Å². The molecule has 10 heavy (non-hydrogen) atoms. The molecule has 2 saturated heterocycles. The van der Waals surface area contributed by atoms with E-state index in [1.54, 1.807) is 0 Å². The Kier molecular flexibility index (Phi) is 1.94. The zero-order valence-corrected chi connectivity index (χ0v) is 7.17. The van der Waals surface area contributed by atoms with E-state index in [9.17, 15) is 0 Å². The first kappa shape index (κ1) is 7.02. The maximum Gasteiger partial charge on any atom is 0.0559 e. The summed E-state index contributed by atoms with van der Waals surface area (Å²) in [6.07, 6.45) is 1.67. The first-order valence-electron chi connectivity index (χ1n) is 3.85. The fourth-order valence-corrected chi connectivity index (χ4v) is 2.75. The number of ether oxygens (including phenoxy) is 1. The first-order chi connectivity index (χ1) is 4.86. The fraction of sp³-hybridized carbons (Fsp3) is 1.00. The fourth-order valence-electron chi connectivity index (χ4n) is 1.64. The Hall–Kier alpha value is 0.350. The molecule has 3 heteroatoms. The van der Waals surface area contributed by atoms with Gasteiger partial charge in [-0.15, -0.1) is 0 Å². The normalized spacial score (nSPS) is 49.5. The van der Waals surface area contributed by atoms with E-state index in [4.69, 9.17) is 9.26 Å². The van der Waals surface area contributed by atoms with Crippen LogP contribution in [0.2, 0.25) is 0 Å². The van der Waals surface area contributed by atoms with Crippen LogP contribution in [0.15, 0.2) is 0 Å². The highest BCUT2D eigenvalue weighted by atomic mass is 31.1. The van der Waals surface area contributed by atoms with Gasteiger partial charge in [0.15, 0.2) is 0 Å². The van der Waals surface area contributed by atoms with Crippen LogP contribution < -0.4 is 0 Å². The third-order valence-corrected chi connectivity index (χ3v) is 3.57. The van der Waals surface area contributed by atoms with Gasteiger partial charge < -0.3 is 9.26 Å². The molecule has 0 amide bonds. The summed E-state index contributed by atoms with van der Waals surface area (Å²) in [6.45, 7) is 4.07. The summed E-state index contributed by atoms with van der Waals surface area (Å²) in [5.74, 6) is 0.807. The molecule has 2 aliphatic heterocycles. The molecule has 0 spiro atoms. The molecule has 2 nitrogen and oxygen atoms in total. The summed E-state index contributed by atoms with van der Waals surface area (Å²) in [5.41, 5.74) is 0.733. The smallest absolute Gasteiger partial charge is 0.0559 e. The minimum atomic E-state index is 0.466. The van der Waals surface area contributed by atoms with E-state index < -0.39 is 0 Å². The zero-order chi connectivity index (χ0) is 6.97. The summed E-state index contributed by atoms with van der Waals surface area (Å²) >= 11 is 0. The Morgan fingerprint density at radius 2 is 2.30 bits per heavy atom. The molecule has 0 N–H and O–H groups in total. The molecule has 4 atom stereocenters. The monoisotopic (exact) mass is 160 g/mol. The molecule has 2 fully saturated rings. The van der Waals surface area contributed by atoms with Crippen molar-refractivity contribution in [3.05, 3.63) is 0 Å². The maximum absolute atomic E-state index is 5.52. The van der Waals surface area contributed by atoms with Gasteiger partial charge in [-0.3, -0.25) is 0 Å². The quantitative estimate of drug-likeness (QED) is 0.499. The topological polar surface area (TPSA) is 18.5 Å². The van der Waals surface area contributed by atoms with Gasteiger partial charge in [0, 0.05) is 14.5 Å². The molecule has 2 heterocycles. The molecule has 0 saturated carbocycles. The van der Waals surface area contributed by atoms with Crippen molar-refractivity contribution in [2.45, 2.75) is 25.1 Å². The second-order valence-electron chi connectivity index (χ2n) is 3.18.